The van der Waals surface area contributed by atoms with E-state index in [0.29, 0.717) is 4.90 Å². The van der Waals surface area contributed by atoms with E-state index < -0.39 is 4.92 Å². The third-order valence-electron chi connectivity index (χ3n) is 2.28. The second-order valence-corrected chi connectivity index (χ2v) is 3.81. The van der Waals surface area contributed by atoms with E-state index in [1.165, 1.54) is 6.07 Å². The second kappa shape index (κ2) is 4.37. The average Bonchev–Trinajstić information content (AvgIpc) is 2.29. The van der Waals surface area contributed by atoms with Crippen molar-refractivity contribution in [3.63, 3.8) is 0 Å². The van der Waals surface area contributed by atoms with E-state index in [2.05, 4.69) is 12.6 Å². The van der Waals surface area contributed by atoms with Crippen molar-refractivity contribution >= 4 is 18.3 Å². The molecule has 2 rings (SSSR count). The van der Waals surface area contributed by atoms with Crippen LogP contribution in [0.25, 0.3) is 11.1 Å². The van der Waals surface area contributed by atoms with Crippen LogP contribution in [0.2, 0.25) is 0 Å². The summed E-state index contributed by atoms with van der Waals surface area (Å²) < 4.78 is 0. The number of hydrogen-bond acceptors (Lipinski definition) is 3. The topological polar surface area (TPSA) is 43.1 Å². The lowest BCUT2D eigenvalue weighted by Gasteiger charge is -2.02. The van der Waals surface area contributed by atoms with Gasteiger partial charge in [-0.3, -0.25) is 10.1 Å². The van der Waals surface area contributed by atoms with Crippen molar-refractivity contribution < 1.29 is 4.92 Å². The lowest BCUT2D eigenvalue weighted by molar-refractivity contribution is -0.387. The van der Waals surface area contributed by atoms with E-state index >= 15 is 0 Å². The van der Waals surface area contributed by atoms with Crippen LogP contribution < -0.4 is 0 Å². The first kappa shape index (κ1) is 10.7. The molecule has 0 aliphatic heterocycles. The van der Waals surface area contributed by atoms with E-state index in [4.69, 9.17) is 0 Å². The average molecular weight is 231 g/mol. The molecule has 0 aromatic heterocycles. The molecule has 0 amide bonds. The van der Waals surface area contributed by atoms with E-state index in [1.54, 1.807) is 12.1 Å². The minimum Gasteiger partial charge on any atom is -0.258 e. The molecule has 0 radical (unpaired) electrons. The molecule has 0 bridgehead atoms. The molecule has 0 unspecified atom stereocenters. The second-order valence-electron chi connectivity index (χ2n) is 3.33. The van der Waals surface area contributed by atoms with Crippen LogP contribution in [0, 0.1) is 10.1 Å². The fourth-order valence-corrected chi connectivity index (χ4v) is 1.78. The Balaban J connectivity index is 2.46. The molecule has 0 heterocycles. The summed E-state index contributed by atoms with van der Waals surface area (Å²) in [6, 6.07) is 14.6. The maximum atomic E-state index is 10.6. The van der Waals surface area contributed by atoms with Crippen LogP contribution in [0.4, 0.5) is 5.69 Å². The van der Waals surface area contributed by atoms with E-state index in [9.17, 15) is 10.1 Å². The van der Waals surface area contributed by atoms with Crippen molar-refractivity contribution in [2.45, 2.75) is 4.90 Å². The predicted molar refractivity (Wildman–Crippen MR) is 65.8 cm³/mol. The van der Waals surface area contributed by atoms with Gasteiger partial charge in [0.1, 0.15) is 0 Å². The summed E-state index contributed by atoms with van der Waals surface area (Å²) in [6.45, 7) is 0. The first-order chi connectivity index (χ1) is 7.68. The van der Waals surface area contributed by atoms with E-state index in [1.807, 2.05) is 30.3 Å². The van der Waals surface area contributed by atoms with E-state index in [0.717, 1.165) is 11.1 Å². The summed E-state index contributed by atoms with van der Waals surface area (Å²) in [5.41, 5.74) is 1.98. The highest BCUT2D eigenvalue weighted by Gasteiger charge is 2.11. The molecular weight excluding hydrogens is 222 g/mol. The fraction of sp³-hybridized carbons (Fsp3) is 0. The Bertz CT molecular complexity index is 526. The SMILES string of the molecule is O=[N+]([O-])c1ccc(-c2ccccc2)cc1S. The molecule has 0 N–H and O–H groups in total. The molecular formula is C12H9NO2S. The van der Waals surface area contributed by atoms with Gasteiger partial charge in [0, 0.05) is 6.07 Å². The Morgan fingerprint density at radius 3 is 2.25 bits per heavy atom. The van der Waals surface area contributed by atoms with Crippen LogP contribution in [0.15, 0.2) is 53.4 Å². The van der Waals surface area contributed by atoms with Crippen molar-refractivity contribution in [3.8, 4) is 11.1 Å². The molecule has 0 saturated carbocycles. The zero-order valence-electron chi connectivity index (χ0n) is 8.33. The molecule has 2 aromatic carbocycles. The quantitative estimate of drug-likeness (QED) is 0.488. The number of hydrogen-bond donors (Lipinski definition) is 1. The number of nitrogens with zero attached hydrogens (tertiary/aromatic N) is 1. The lowest BCUT2D eigenvalue weighted by atomic mass is 10.1. The fourth-order valence-electron chi connectivity index (χ4n) is 1.49. The molecule has 0 aliphatic carbocycles. The Kier molecular flexibility index (Phi) is 2.92. The van der Waals surface area contributed by atoms with E-state index in [-0.39, 0.29) is 5.69 Å². The van der Waals surface area contributed by atoms with Crippen molar-refractivity contribution in [3.05, 3.63) is 58.6 Å². The first-order valence-electron chi connectivity index (χ1n) is 4.71. The van der Waals surface area contributed by atoms with Gasteiger partial charge in [0.2, 0.25) is 0 Å². The molecule has 0 spiro atoms. The van der Waals surface area contributed by atoms with Crippen LogP contribution in [0.1, 0.15) is 0 Å². The third-order valence-corrected chi connectivity index (χ3v) is 2.64. The highest BCUT2D eigenvalue weighted by Crippen LogP contribution is 2.28. The maximum absolute atomic E-state index is 10.6. The number of benzene rings is 2. The van der Waals surface area contributed by atoms with Gasteiger partial charge in [0.25, 0.3) is 5.69 Å². The van der Waals surface area contributed by atoms with Crippen LogP contribution in [0.5, 0.6) is 0 Å². The first-order valence-corrected chi connectivity index (χ1v) is 5.16. The maximum Gasteiger partial charge on any atom is 0.282 e. The van der Waals surface area contributed by atoms with Crippen molar-refractivity contribution in [2.24, 2.45) is 0 Å². The van der Waals surface area contributed by atoms with Crippen molar-refractivity contribution in [2.75, 3.05) is 0 Å². The number of thiol groups is 1. The van der Waals surface area contributed by atoms with Gasteiger partial charge < -0.3 is 0 Å². The van der Waals surface area contributed by atoms with Crippen LogP contribution in [-0.2, 0) is 0 Å². The highest BCUT2D eigenvalue weighted by atomic mass is 32.1. The summed E-state index contributed by atoms with van der Waals surface area (Å²) in [5, 5.41) is 10.6. The van der Waals surface area contributed by atoms with Gasteiger partial charge in [0.15, 0.2) is 0 Å². The Labute approximate surface area is 98.3 Å². The zero-order chi connectivity index (χ0) is 11.5. The lowest BCUT2D eigenvalue weighted by Crippen LogP contribution is -1.89. The molecule has 0 saturated heterocycles. The Hall–Kier alpha value is -1.81. The molecule has 0 atom stereocenters. The van der Waals surface area contributed by atoms with Gasteiger partial charge in [-0.05, 0) is 23.3 Å². The number of nitro benzene ring substituents is 1. The number of rotatable bonds is 2. The molecule has 0 aliphatic rings. The Morgan fingerprint density at radius 1 is 1.00 bits per heavy atom. The molecule has 4 heteroatoms. The van der Waals surface area contributed by atoms with Gasteiger partial charge in [-0.1, -0.05) is 30.3 Å². The molecule has 3 nitrogen and oxygen atoms in total. The Morgan fingerprint density at radius 2 is 1.69 bits per heavy atom. The molecule has 0 fully saturated rings. The third kappa shape index (κ3) is 2.06. The minimum atomic E-state index is -0.433. The van der Waals surface area contributed by atoms with Gasteiger partial charge in [-0.2, -0.15) is 0 Å². The van der Waals surface area contributed by atoms with Crippen LogP contribution in [0.3, 0.4) is 0 Å². The largest absolute Gasteiger partial charge is 0.282 e. The van der Waals surface area contributed by atoms with Crippen LogP contribution >= 0.6 is 12.6 Å². The summed E-state index contributed by atoms with van der Waals surface area (Å²) >= 11 is 4.12. The highest BCUT2D eigenvalue weighted by molar-refractivity contribution is 7.80. The molecule has 16 heavy (non-hydrogen) atoms. The molecule has 80 valence electrons. The summed E-state index contributed by atoms with van der Waals surface area (Å²) in [5.74, 6) is 0. The van der Waals surface area contributed by atoms with Crippen LogP contribution in [-0.4, -0.2) is 4.92 Å². The predicted octanol–water partition coefficient (Wildman–Crippen LogP) is 3.55. The number of nitro groups is 1. The summed E-state index contributed by atoms with van der Waals surface area (Å²) in [6.07, 6.45) is 0. The summed E-state index contributed by atoms with van der Waals surface area (Å²) in [7, 11) is 0. The summed E-state index contributed by atoms with van der Waals surface area (Å²) in [4.78, 5) is 10.6. The minimum absolute atomic E-state index is 0.0306. The normalized spacial score (nSPS) is 10.1. The van der Waals surface area contributed by atoms with Gasteiger partial charge in [-0.15, -0.1) is 12.6 Å². The monoisotopic (exact) mass is 231 g/mol. The van der Waals surface area contributed by atoms with Gasteiger partial charge in [-0.25, -0.2) is 0 Å². The van der Waals surface area contributed by atoms with Gasteiger partial charge >= 0.3 is 0 Å². The van der Waals surface area contributed by atoms with Crippen molar-refractivity contribution in [1.29, 1.82) is 0 Å². The van der Waals surface area contributed by atoms with Gasteiger partial charge in [0.05, 0.1) is 9.82 Å². The smallest absolute Gasteiger partial charge is 0.258 e. The van der Waals surface area contributed by atoms with Crippen molar-refractivity contribution in [1.82, 2.24) is 0 Å². The zero-order valence-corrected chi connectivity index (χ0v) is 9.22. The molecule has 2 aromatic rings. The standard InChI is InChI=1S/C12H9NO2S/c14-13(15)11-7-6-10(8-12(11)16)9-4-2-1-3-5-9/h1-8,16H.